The Morgan fingerprint density at radius 1 is 1.25 bits per heavy atom. The summed E-state index contributed by atoms with van der Waals surface area (Å²) in [4.78, 5) is 11.9. The number of aliphatic hydroxyl groups is 1. The van der Waals surface area contributed by atoms with E-state index in [0.29, 0.717) is 0 Å². The highest BCUT2D eigenvalue weighted by molar-refractivity contribution is 7.89. The summed E-state index contributed by atoms with van der Waals surface area (Å²) in [5.41, 5.74) is -0.560. The lowest BCUT2D eigenvalue weighted by Gasteiger charge is -2.40. The molecule has 1 aliphatic carbocycles. The second-order valence-corrected chi connectivity index (χ2v) is 6.74. The van der Waals surface area contributed by atoms with Crippen LogP contribution < -0.4 is 10.0 Å². The molecule has 1 saturated carbocycles. The number of nitrogens with one attached hydrogen (secondary N) is 2. The average molecular weight is 298 g/mol. The van der Waals surface area contributed by atoms with Crippen LogP contribution in [0.25, 0.3) is 0 Å². The van der Waals surface area contributed by atoms with Gasteiger partial charge in [0.25, 0.3) is 0 Å². The number of carbonyl (C=O) groups is 1. The highest BCUT2D eigenvalue weighted by Gasteiger charge is 2.37. The molecule has 7 heteroatoms. The topological polar surface area (TPSA) is 95.5 Å². The smallest absolute Gasteiger partial charge is 0.241 e. The van der Waals surface area contributed by atoms with Crippen LogP contribution in [0, 0.1) is 0 Å². The molecular weight excluding hydrogens is 280 g/mol. The number of rotatable bonds is 6. The van der Waals surface area contributed by atoms with Crippen molar-refractivity contribution in [2.45, 2.75) is 29.7 Å². The average Bonchev–Trinajstić information content (AvgIpc) is 2.42. The first-order chi connectivity index (χ1) is 9.47. The Morgan fingerprint density at radius 3 is 2.40 bits per heavy atom. The van der Waals surface area contributed by atoms with Gasteiger partial charge in [0.05, 0.1) is 23.6 Å². The second-order valence-electron chi connectivity index (χ2n) is 4.98. The molecule has 0 aliphatic heterocycles. The fourth-order valence-corrected chi connectivity index (χ4v) is 3.11. The van der Waals surface area contributed by atoms with Crippen LogP contribution in [0.2, 0.25) is 0 Å². The maximum Gasteiger partial charge on any atom is 0.241 e. The molecule has 1 amide bonds. The van der Waals surface area contributed by atoms with Gasteiger partial charge in [-0.3, -0.25) is 4.79 Å². The first-order valence-corrected chi connectivity index (χ1v) is 7.92. The summed E-state index contributed by atoms with van der Waals surface area (Å²) in [5, 5.41) is 11.9. The molecule has 1 aromatic rings. The lowest BCUT2D eigenvalue weighted by Crippen LogP contribution is -2.57. The van der Waals surface area contributed by atoms with Crippen LogP contribution in [0.5, 0.6) is 0 Å². The van der Waals surface area contributed by atoms with Gasteiger partial charge < -0.3 is 10.4 Å². The Kier molecular flexibility index (Phi) is 4.42. The van der Waals surface area contributed by atoms with E-state index in [2.05, 4.69) is 10.0 Å². The molecule has 0 heterocycles. The molecule has 2 rings (SSSR count). The van der Waals surface area contributed by atoms with Crippen molar-refractivity contribution in [2.24, 2.45) is 0 Å². The van der Waals surface area contributed by atoms with Gasteiger partial charge in [-0.05, 0) is 31.4 Å². The number of carbonyl (C=O) groups excluding carboxylic acids is 1. The number of hydrogen-bond donors (Lipinski definition) is 3. The molecule has 0 radical (unpaired) electrons. The number of sulfonamides is 1. The van der Waals surface area contributed by atoms with Gasteiger partial charge in [0.2, 0.25) is 15.9 Å². The molecule has 0 aromatic heterocycles. The lowest BCUT2D eigenvalue weighted by molar-refractivity contribution is -0.123. The third-order valence-electron chi connectivity index (χ3n) is 3.49. The van der Waals surface area contributed by atoms with Crippen LogP contribution in [0.15, 0.2) is 35.2 Å². The zero-order valence-electron chi connectivity index (χ0n) is 11.0. The Morgan fingerprint density at radius 2 is 1.90 bits per heavy atom. The number of aliphatic hydroxyl groups excluding tert-OH is 1. The number of benzene rings is 1. The predicted octanol–water partition coefficient (Wildman–Crippen LogP) is -0.00390. The van der Waals surface area contributed by atoms with Gasteiger partial charge in [-0.1, -0.05) is 18.2 Å². The summed E-state index contributed by atoms with van der Waals surface area (Å²) in [6.07, 6.45) is 2.40. The summed E-state index contributed by atoms with van der Waals surface area (Å²) in [5.74, 6) is -0.432. The lowest BCUT2D eigenvalue weighted by atomic mass is 9.77. The quantitative estimate of drug-likeness (QED) is 0.688. The molecule has 0 bridgehead atoms. The van der Waals surface area contributed by atoms with Crippen LogP contribution in [-0.2, 0) is 14.8 Å². The van der Waals surface area contributed by atoms with Crippen molar-refractivity contribution in [3.05, 3.63) is 30.3 Å². The molecule has 0 spiro atoms. The summed E-state index contributed by atoms with van der Waals surface area (Å²) in [6, 6.07) is 7.86. The summed E-state index contributed by atoms with van der Waals surface area (Å²) in [6.45, 7) is -0.455. The fraction of sp³-hybridized carbons (Fsp3) is 0.462. The van der Waals surface area contributed by atoms with Crippen LogP contribution in [0.4, 0.5) is 0 Å². The second kappa shape index (κ2) is 5.90. The van der Waals surface area contributed by atoms with Gasteiger partial charge in [-0.2, -0.15) is 0 Å². The molecule has 1 aromatic carbocycles. The molecule has 0 saturated heterocycles. The molecule has 0 atom stereocenters. The van der Waals surface area contributed by atoms with E-state index < -0.39 is 21.5 Å². The highest BCUT2D eigenvalue weighted by atomic mass is 32.2. The van der Waals surface area contributed by atoms with Crippen molar-refractivity contribution in [3.63, 3.8) is 0 Å². The maximum atomic E-state index is 11.9. The van der Waals surface area contributed by atoms with Crippen molar-refractivity contribution in [1.29, 1.82) is 0 Å². The van der Waals surface area contributed by atoms with Gasteiger partial charge >= 0.3 is 0 Å². The van der Waals surface area contributed by atoms with E-state index in [1.165, 1.54) is 12.1 Å². The predicted molar refractivity (Wildman–Crippen MR) is 73.4 cm³/mol. The van der Waals surface area contributed by atoms with E-state index in [9.17, 15) is 18.3 Å². The maximum absolute atomic E-state index is 11.9. The molecule has 1 aliphatic rings. The van der Waals surface area contributed by atoms with Crippen molar-refractivity contribution >= 4 is 15.9 Å². The first-order valence-electron chi connectivity index (χ1n) is 6.44. The largest absolute Gasteiger partial charge is 0.394 e. The molecule has 6 nitrogen and oxygen atoms in total. The Hall–Kier alpha value is -1.44. The van der Waals surface area contributed by atoms with Crippen molar-refractivity contribution in [1.82, 2.24) is 10.0 Å². The van der Waals surface area contributed by atoms with E-state index in [-0.39, 0.29) is 18.0 Å². The molecule has 3 N–H and O–H groups in total. The van der Waals surface area contributed by atoms with Gasteiger partial charge in [-0.25, -0.2) is 13.1 Å². The van der Waals surface area contributed by atoms with E-state index in [1.54, 1.807) is 18.2 Å². The van der Waals surface area contributed by atoms with E-state index in [0.717, 1.165) is 19.3 Å². The highest BCUT2D eigenvalue weighted by Crippen LogP contribution is 2.30. The van der Waals surface area contributed by atoms with Gasteiger partial charge in [0.1, 0.15) is 0 Å². The fourth-order valence-electron chi connectivity index (χ4n) is 2.11. The van der Waals surface area contributed by atoms with E-state index in [4.69, 9.17) is 0 Å². The third kappa shape index (κ3) is 3.36. The standard InChI is InChI=1S/C13H18N2O4S/c16-10-13(7-4-8-13)15-12(17)9-14-20(18,19)11-5-2-1-3-6-11/h1-3,5-6,14,16H,4,7-10H2,(H,15,17). The van der Waals surface area contributed by atoms with Crippen molar-refractivity contribution in [3.8, 4) is 0 Å². The minimum atomic E-state index is -3.68. The molecule has 110 valence electrons. The zero-order chi connectivity index (χ0) is 14.6. The third-order valence-corrected chi connectivity index (χ3v) is 4.91. The van der Waals surface area contributed by atoms with Crippen molar-refractivity contribution in [2.75, 3.05) is 13.2 Å². The Balaban J connectivity index is 1.90. The van der Waals surface area contributed by atoms with Crippen LogP contribution in [0.1, 0.15) is 19.3 Å². The SMILES string of the molecule is O=C(CNS(=O)(=O)c1ccccc1)NC1(CO)CCC1. The Bertz CT molecular complexity index is 562. The van der Waals surface area contributed by atoms with Crippen LogP contribution in [-0.4, -0.2) is 38.1 Å². The van der Waals surface area contributed by atoms with Crippen LogP contribution in [0.3, 0.4) is 0 Å². The molecule has 1 fully saturated rings. The van der Waals surface area contributed by atoms with Crippen molar-refractivity contribution < 1.29 is 18.3 Å². The van der Waals surface area contributed by atoms with Gasteiger partial charge in [0, 0.05) is 0 Å². The normalized spacial score (nSPS) is 17.2. The molecule has 0 unspecified atom stereocenters. The first kappa shape index (κ1) is 15.0. The van der Waals surface area contributed by atoms with E-state index in [1.807, 2.05) is 0 Å². The monoisotopic (exact) mass is 298 g/mol. The summed E-state index contributed by atoms with van der Waals surface area (Å²) < 4.78 is 26.1. The Labute approximate surface area is 118 Å². The van der Waals surface area contributed by atoms with Crippen LogP contribution >= 0.6 is 0 Å². The number of hydrogen-bond acceptors (Lipinski definition) is 4. The van der Waals surface area contributed by atoms with Gasteiger partial charge in [-0.15, -0.1) is 0 Å². The molecule has 20 heavy (non-hydrogen) atoms. The molecular formula is C13H18N2O4S. The summed E-state index contributed by atoms with van der Waals surface area (Å²) >= 11 is 0. The minimum absolute atomic E-state index is 0.119. The summed E-state index contributed by atoms with van der Waals surface area (Å²) in [7, 11) is -3.68. The van der Waals surface area contributed by atoms with E-state index >= 15 is 0 Å². The minimum Gasteiger partial charge on any atom is -0.394 e. The zero-order valence-corrected chi connectivity index (χ0v) is 11.8. The van der Waals surface area contributed by atoms with Gasteiger partial charge in [0.15, 0.2) is 0 Å². The number of amides is 1.